The van der Waals surface area contributed by atoms with Gasteiger partial charge in [0.25, 0.3) is 0 Å². The van der Waals surface area contributed by atoms with Gasteiger partial charge in [0.1, 0.15) is 0 Å². The molecule has 0 aromatic rings. The first-order chi connectivity index (χ1) is 6.72. The van der Waals surface area contributed by atoms with Crippen LogP contribution in [0.1, 0.15) is 39.5 Å². The van der Waals surface area contributed by atoms with Crippen molar-refractivity contribution in [1.82, 2.24) is 5.32 Å². The second kappa shape index (κ2) is 6.02. The Morgan fingerprint density at radius 3 is 2.57 bits per heavy atom. The van der Waals surface area contributed by atoms with E-state index < -0.39 is 0 Å². The topological polar surface area (TPSA) is 38.3 Å². The number of carbonyl (C=O) groups is 1. The van der Waals surface area contributed by atoms with Gasteiger partial charge in [-0.25, -0.2) is 0 Å². The van der Waals surface area contributed by atoms with E-state index in [9.17, 15) is 4.79 Å². The Morgan fingerprint density at radius 1 is 1.36 bits per heavy atom. The minimum Gasteiger partial charge on any atom is -0.465 e. The van der Waals surface area contributed by atoms with Gasteiger partial charge >= 0.3 is 5.97 Å². The van der Waals surface area contributed by atoms with Crippen LogP contribution in [0, 0.1) is 5.92 Å². The highest BCUT2D eigenvalue weighted by molar-refractivity contribution is 5.71. The summed E-state index contributed by atoms with van der Waals surface area (Å²) in [5.41, 5.74) is 0. The van der Waals surface area contributed by atoms with Crippen molar-refractivity contribution >= 4 is 5.97 Å². The first kappa shape index (κ1) is 11.5. The van der Waals surface area contributed by atoms with Gasteiger partial charge in [-0.2, -0.15) is 0 Å². The quantitative estimate of drug-likeness (QED) is 0.701. The molecule has 0 bridgehead atoms. The third-order valence-corrected chi connectivity index (χ3v) is 2.86. The summed E-state index contributed by atoms with van der Waals surface area (Å²) in [7, 11) is 0. The highest BCUT2D eigenvalue weighted by Gasteiger charge is 2.18. The maximum atomic E-state index is 11.1. The predicted octanol–water partition coefficient (Wildman–Crippen LogP) is 1.72. The van der Waals surface area contributed by atoms with Crippen LogP contribution in [0.25, 0.3) is 0 Å². The third kappa shape index (κ3) is 4.09. The number of rotatable bonds is 4. The smallest absolute Gasteiger partial charge is 0.319 e. The molecule has 0 aliphatic heterocycles. The van der Waals surface area contributed by atoms with Crippen molar-refractivity contribution in [1.29, 1.82) is 0 Å². The van der Waals surface area contributed by atoms with Gasteiger partial charge in [-0.15, -0.1) is 0 Å². The fourth-order valence-corrected chi connectivity index (χ4v) is 1.90. The van der Waals surface area contributed by atoms with E-state index in [-0.39, 0.29) is 5.97 Å². The summed E-state index contributed by atoms with van der Waals surface area (Å²) in [6.45, 7) is 4.97. The van der Waals surface area contributed by atoms with Crippen LogP contribution < -0.4 is 5.32 Å². The molecular weight excluding hydrogens is 178 g/mol. The SMILES string of the molecule is CCOC(=O)CNC1CCC(C)CC1. The number of nitrogens with one attached hydrogen (secondary N) is 1. The zero-order valence-electron chi connectivity index (χ0n) is 9.21. The molecule has 0 amide bonds. The van der Waals surface area contributed by atoms with Crippen LogP contribution in [0.5, 0.6) is 0 Å². The molecule has 1 rings (SSSR count). The maximum absolute atomic E-state index is 11.1. The Bertz CT molecular complexity index is 174. The summed E-state index contributed by atoms with van der Waals surface area (Å²) in [6.07, 6.45) is 4.95. The molecule has 0 radical (unpaired) electrons. The molecule has 0 unspecified atom stereocenters. The van der Waals surface area contributed by atoms with Crippen LogP contribution in [0.15, 0.2) is 0 Å². The summed E-state index contributed by atoms with van der Waals surface area (Å²) in [5, 5.41) is 3.25. The second-order valence-electron chi connectivity index (χ2n) is 4.14. The molecule has 0 aromatic carbocycles. The Balaban J connectivity index is 2.09. The van der Waals surface area contributed by atoms with Crippen LogP contribution in [-0.4, -0.2) is 25.2 Å². The Kier molecular flexibility index (Phi) is 4.94. The molecule has 1 aliphatic rings. The monoisotopic (exact) mass is 199 g/mol. The minimum absolute atomic E-state index is 0.133. The minimum atomic E-state index is -0.133. The summed E-state index contributed by atoms with van der Waals surface area (Å²) < 4.78 is 4.85. The zero-order valence-corrected chi connectivity index (χ0v) is 9.21. The lowest BCUT2D eigenvalue weighted by Gasteiger charge is -2.26. The van der Waals surface area contributed by atoms with Crippen molar-refractivity contribution in [2.45, 2.75) is 45.6 Å². The summed E-state index contributed by atoms with van der Waals surface area (Å²) in [5.74, 6) is 0.724. The van der Waals surface area contributed by atoms with Gasteiger partial charge in [0, 0.05) is 6.04 Å². The molecule has 0 heterocycles. The largest absolute Gasteiger partial charge is 0.465 e. The molecule has 0 spiro atoms. The van der Waals surface area contributed by atoms with Crippen molar-refractivity contribution < 1.29 is 9.53 Å². The van der Waals surface area contributed by atoms with Crippen LogP contribution in [0.4, 0.5) is 0 Å². The fourth-order valence-electron chi connectivity index (χ4n) is 1.90. The van der Waals surface area contributed by atoms with E-state index in [2.05, 4.69) is 12.2 Å². The Morgan fingerprint density at radius 2 is 2.00 bits per heavy atom. The van der Waals surface area contributed by atoms with Crippen molar-refractivity contribution in [3.8, 4) is 0 Å². The first-order valence-corrected chi connectivity index (χ1v) is 5.61. The summed E-state index contributed by atoms with van der Waals surface area (Å²) in [4.78, 5) is 11.1. The molecule has 1 aliphatic carbocycles. The van der Waals surface area contributed by atoms with E-state index in [0.29, 0.717) is 19.2 Å². The number of esters is 1. The second-order valence-corrected chi connectivity index (χ2v) is 4.14. The van der Waals surface area contributed by atoms with Gasteiger partial charge in [-0.1, -0.05) is 6.92 Å². The molecule has 0 atom stereocenters. The Labute approximate surface area is 86.2 Å². The van der Waals surface area contributed by atoms with Crippen LogP contribution in [0.2, 0.25) is 0 Å². The van der Waals surface area contributed by atoms with Gasteiger partial charge in [0.15, 0.2) is 0 Å². The van der Waals surface area contributed by atoms with E-state index in [1.165, 1.54) is 25.7 Å². The van der Waals surface area contributed by atoms with E-state index in [1.807, 2.05) is 6.92 Å². The van der Waals surface area contributed by atoms with Crippen molar-refractivity contribution in [2.75, 3.05) is 13.2 Å². The normalized spacial score (nSPS) is 27.3. The average Bonchev–Trinajstić information content (AvgIpc) is 2.17. The third-order valence-electron chi connectivity index (χ3n) is 2.86. The summed E-state index contributed by atoms with van der Waals surface area (Å²) >= 11 is 0. The highest BCUT2D eigenvalue weighted by Crippen LogP contribution is 2.23. The standard InChI is InChI=1S/C11H21NO2/c1-3-14-11(13)8-12-10-6-4-9(2)5-7-10/h9-10,12H,3-8H2,1-2H3. The number of hydrogen-bond acceptors (Lipinski definition) is 3. The van der Waals surface area contributed by atoms with E-state index in [4.69, 9.17) is 4.74 Å². The Hall–Kier alpha value is -0.570. The molecule has 3 heteroatoms. The summed E-state index contributed by atoms with van der Waals surface area (Å²) in [6, 6.07) is 0.524. The molecule has 1 saturated carbocycles. The van der Waals surface area contributed by atoms with E-state index >= 15 is 0 Å². The van der Waals surface area contributed by atoms with Gasteiger partial charge in [0.2, 0.25) is 0 Å². The van der Waals surface area contributed by atoms with Crippen molar-refractivity contribution in [3.05, 3.63) is 0 Å². The molecule has 1 fully saturated rings. The van der Waals surface area contributed by atoms with Crippen LogP contribution in [0.3, 0.4) is 0 Å². The van der Waals surface area contributed by atoms with E-state index in [1.54, 1.807) is 0 Å². The molecule has 0 saturated heterocycles. The predicted molar refractivity (Wildman–Crippen MR) is 56.1 cm³/mol. The van der Waals surface area contributed by atoms with Crippen LogP contribution in [-0.2, 0) is 9.53 Å². The van der Waals surface area contributed by atoms with Crippen molar-refractivity contribution in [3.63, 3.8) is 0 Å². The molecule has 82 valence electrons. The lowest BCUT2D eigenvalue weighted by molar-refractivity contribution is -0.142. The van der Waals surface area contributed by atoms with Crippen LogP contribution >= 0.6 is 0 Å². The molecular formula is C11H21NO2. The fraction of sp³-hybridized carbons (Fsp3) is 0.909. The number of ether oxygens (including phenoxy) is 1. The number of carbonyl (C=O) groups excluding carboxylic acids is 1. The lowest BCUT2D eigenvalue weighted by atomic mass is 9.87. The zero-order chi connectivity index (χ0) is 10.4. The molecule has 3 nitrogen and oxygen atoms in total. The number of hydrogen-bond donors (Lipinski definition) is 1. The molecule has 1 N–H and O–H groups in total. The van der Waals surface area contributed by atoms with E-state index in [0.717, 1.165) is 5.92 Å². The van der Waals surface area contributed by atoms with Gasteiger partial charge in [-0.05, 0) is 38.5 Å². The lowest BCUT2D eigenvalue weighted by Crippen LogP contribution is -2.36. The average molecular weight is 199 g/mol. The highest BCUT2D eigenvalue weighted by atomic mass is 16.5. The van der Waals surface area contributed by atoms with Gasteiger partial charge in [-0.3, -0.25) is 4.79 Å². The molecule has 0 aromatic heterocycles. The maximum Gasteiger partial charge on any atom is 0.319 e. The van der Waals surface area contributed by atoms with Crippen molar-refractivity contribution in [2.24, 2.45) is 5.92 Å². The first-order valence-electron chi connectivity index (χ1n) is 5.61. The van der Waals surface area contributed by atoms with Gasteiger partial charge in [0.05, 0.1) is 13.2 Å². The molecule has 14 heavy (non-hydrogen) atoms. The van der Waals surface area contributed by atoms with Gasteiger partial charge < -0.3 is 10.1 Å².